The molecule has 0 bridgehead atoms. The molecule has 2 nitrogen and oxygen atoms in total. The lowest BCUT2D eigenvalue weighted by Crippen LogP contribution is -3.00. The highest BCUT2D eigenvalue weighted by Crippen LogP contribution is 2.09. The standard InChI is InChI=1S/C11H13BrNO.ClH/c12-11-3-1-10(2-4-11)9-13-5-7-14-8-6-13;/h1-4,9H,5-8H2;1H/q+1;/p-1. The predicted molar refractivity (Wildman–Crippen MR) is 60.1 cm³/mol. The first-order chi connectivity index (χ1) is 6.84. The monoisotopic (exact) mass is 289 g/mol. The van der Waals surface area contributed by atoms with Crippen LogP contribution in [-0.4, -0.2) is 37.1 Å². The van der Waals surface area contributed by atoms with Crippen LogP contribution in [0.3, 0.4) is 0 Å². The number of rotatable bonds is 1. The molecule has 0 amide bonds. The summed E-state index contributed by atoms with van der Waals surface area (Å²) in [5.74, 6) is 0. The zero-order valence-corrected chi connectivity index (χ0v) is 10.7. The van der Waals surface area contributed by atoms with Crippen LogP contribution in [0.4, 0.5) is 0 Å². The van der Waals surface area contributed by atoms with Gasteiger partial charge in [0.15, 0.2) is 19.3 Å². The average molecular weight is 291 g/mol. The fourth-order valence-corrected chi connectivity index (χ4v) is 1.73. The third kappa shape index (κ3) is 3.93. The molecule has 1 heterocycles. The maximum Gasteiger partial charge on any atom is 0.170 e. The maximum absolute atomic E-state index is 5.29. The summed E-state index contributed by atoms with van der Waals surface area (Å²) in [6.07, 6.45) is 2.19. The van der Waals surface area contributed by atoms with Crippen molar-refractivity contribution in [3.63, 3.8) is 0 Å². The zero-order valence-electron chi connectivity index (χ0n) is 8.33. The van der Waals surface area contributed by atoms with Crippen molar-refractivity contribution in [2.24, 2.45) is 0 Å². The normalized spacial score (nSPS) is 15.7. The van der Waals surface area contributed by atoms with Crippen molar-refractivity contribution in [2.45, 2.75) is 0 Å². The number of halogens is 2. The van der Waals surface area contributed by atoms with Gasteiger partial charge in [-0.15, -0.1) is 0 Å². The molecule has 4 heteroatoms. The van der Waals surface area contributed by atoms with Crippen LogP contribution in [0.5, 0.6) is 0 Å². The van der Waals surface area contributed by atoms with Gasteiger partial charge in [-0.25, -0.2) is 4.58 Å². The predicted octanol–water partition coefficient (Wildman–Crippen LogP) is -1.09. The highest BCUT2D eigenvalue weighted by molar-refractivity contribution is 9.10. The Hall–Kier alpha value is -0.380. The Morgan fingerprint density at radius 3 is 2.33 bits per heavy atom. The largest absolute Gasteiger partial charge is 1.00 e. The molecule has 1 saturated heterocycles. The smallest absolute Gasteiger partial charge is 0.170 e. The van der Waals surface area contributed by atoms with E-state index in [0.717, 1.165) is 30.8 Å². The van der Waals surface area contributed by atoms with Gasteiger partial charge in [0.05, 0.1) is 0 Å². The van der Waals surface area contributed by atoms with Crippen molar-refractivity contribution in [3.05, 3.63) is 34.3 Å². The van der Waals surface area contributed by atoms with Crippen molar-refractivity contribution < 1.29 is 21.7 Å². The topological polar surface area (TPSA) is 12.2 Å². The summed E-state index contributed by atoms with van der Waals surface area (Å²) in [4.78, 5) is 0. The van der Waals surface area contributed by atoms with E-state index in [-0.39, 0.29) is 12.4 Å². The molecular weight excluding hydrogens is 277 g/mol. The zero-order chi connectivity index (χ0) is 9.80. The van der Waals surface area contributed by atoms with Gasteiger partial charge in [-0.1, -0.05) is 15.9 Å². The molecule has 2 rings (SSSR count). The number of morpholine rings is 1. The van der Waals surface area contributed by atoms with E-state index in [1.165, 1.54) is 5.56 Å². The summed E-state index contributed by atoms with van der Waals surface area (Å²) >= 11 is 3.42. The van der Waals surface area contributed by atoms with Gasteiger partial charge in [0.25, 0.3) is 0 Å². The van der Waals surface area contributed by atoms with Crippen LogP contribution in [0.25, 0.3) is 0 Å². The lowest BCUT2D eigenvalue weighted by molar-refractivity contribution is -0.544. The van der Waals surface area contributed by atoms with Crippen molar-refractivity contribution in [1.82, 2.24) is 0 Å². The molecule has 0 N–H and O–H groups in total. The lowest BCUT2D eigenvalue weighted by Gasteiger charge is -2.10. The Morgan fingerprint density at radius 1 is 1.13 bits per heavy atom. The van der Waals surface area contributed by atoms with Gasteiger partial charge in [0.2, 0.25) is 0 Å². The molecule has 0 saturated carbocycles. The summed E-state index contributed by atoms with van der Waals surface area (Å²) in [5, 5.41) is 0. The molecule has 0 atom stereocenters. The van der Waals surface area contributed by atoms with E-state index < -0.39 is 0 Å². The highest BCUT2D eigenvalue weighted by Gasteiger charge is 2.10. The molecule has 1 aliphatic heterocycles. The summed E-state index contributed by atoms with van der Waals surface area (Å²) in [6.45, 7) is 3.67. The van der Waals surface area contributed by atoms with E-state index in [4.69, 9.17) is 4.74 Å². The van der Waals surface area contributed by atoms with Crippen LogP contribution in [0.2, 0.25) is 0 Å². The molecule has 0 unspecified atom stereocenters. The summed E-state index contributed by atoms with van der Waals surface area (Å²) < 4.78 is 8.71. The molecule has 15 heavy (non-hydrogen) atoms. The van der Waals surface area contributed by atoms with Gasteiger partial charge in [0, 0.05) is 10.0 Å². The van der Waals surface area contributed by atoms with Gasteiger partial charge >= 0.3 is 0 Å². The van der Waals surface area contributed by atoms with Gasteiger partial charge < -0.3 is 17.1 Å². The molecule has 1 aromatic carbocycles. The van der Waals surface area contributed by atoms with Gasteiger partial charge in [-0.3, -0.25) is 0 Å². The third-order valence-electron chi connectivity index (χ3n) is 2.25. The van der Waals surface area contributed by atoms with Crippen LogP contribution in [0, 0.1) is 0 Å². The SMILES string of the molecule is Brc1ccc(C=[N+]2CCOCC2)cc1.[Cl-]. The van der Waals surface area contributed by atoms with Gasteiger partial charge in [-0.2, -0.15) is 0 Å². The Labute approximate surface area is 104 Å². The van der Waals surface area contributed by atoms with Gasteiger partial charge in [-0.05, 0) is 24.3 Å². The van der Waals surface area contributed by atoms with E-state index in [0.29, 0.717) is 0 Å². The molecule has 1 fully saturated rings. The Morgan fingerprint density at radius 2 is 1.73 bits per heavy atom. The first-order valence-corrected chi connectivity index (χ1v) is 5.56. The minimum Gasteiger partial charge on any atom is -1.00 e. The fraction of sp³-hybridized carbons (Fsp3) is 0.364. The van der Waals surface area contributed by atoms with E-state index in [2.05, 4.69) is 51.0 Å². The summed E-state index contributed by atoms with van der Waals surface area (Å²) in [5.41, 5.74) is 1.25. The molecule has 1 aliphatic rings. The number of hydrogen-bond acceptors (Lipinski definition) is 1. The van der Waals surface area contributed by atoms with Crippen molar-refractivity contribution >= 4 is 22.1 Å². The molecule has 0 radical (unpaired) electrons. The van der Waals surface area contributed by atoms with Crippen molar-refractivity contribution in [1.29, 1.82) is 0 Å². The minimum absolute atomic E-state index is 0. The molecule has 82 valence electrons. The molecule has 0 aliphatic carbocycles. The highest BCUT2D eigenvalue weighted by atomic mass is 79.9. The summed E-state index contributed by atoms with van der Waals surface area (Å²) in [6, 6.07) is 8.34. The van der Waals surface area contributed by atoms with Crippen LogP contribution in [0.1, 0.15) is 5.56 Å². The fourth-order valence-electron chi connectivity index (χ4n) is 1.47. The van der Waals surface area contributed by atoms with Gasteiger partial charge in [0.1, 0.15) is 13.2 Å². The molecular formula is C11H13BrClNO. The Kier molecular flexibility index (Phi) is 5.29. The van der Waals surface area contributed by atoms with E-state index in [1.54, 1.807) is 0 Å². The number of nitrogens with zero attached hydrogens (tertiary/aromatic N) is 1. The van der Waals surface area contributed by atoms with E-state index in [9.17, 15) is 0 Å². The number of hydrogen-bond donors (Lipinski definition) is 0. The van der Waals surface area contributed by atoms with Crippen LogP contribution in [0.15, 0.2) is 28.7 Å². The third-order valence-corrected chi connectivity index (χ3v) is 2.78. The first kappa shape index (κ1) is 12.7. The second-order valence-corrected chi connectivity index (χ2v) is 4.24. The van der Waals surface area contributed by atoms with Crippen LogP contribution < -0.4 is 12.4 Å². The molecule has 0 spiro atoms. The number of ether oxygens (including phenoxy) is 1. The Balaban J connectivity index is 0.00000112. The first-order valence-electron chi connectivity index (χ1n) is 4.77. The average Bonchev–Trinajstić information content (AvgIpc) is 2.23. The number of benzene rings is 1. The second kappa shape index (κ2) is 6.26. The van der Waals surface area contributed by atoms with Crippen molar-refractivity contribution in [2.75, 3.05) is 26.3 Å². The van der Waals surface area contributed by atoms with E-state index in [1.807, 2.05) is 0 Å². The molecule has 0 aromatic heterocycles. The second-order valence-electron chi connectivity index (χ2n) is 3.33. The quantitative estimate of drug-likeness (QED) is 0.599. The van der Waals surface area contributed by atoms with Crippen molar-refractivity contribution in [3.8, 4) is 0 Å². The molecule has 1 aromatic rings. The summed E-state index contributed by atoms with van der Waals surface area (Å²) in [7, 11) is 0. The Bertz CT molecular complexity index is 329. The van der Waals surface area contributed by atoms with Crippen LogP contribution in [-0.2, 0) is 4.74 Å². The van der Waals surface area contributed by atoms with E-state index >= 15 is 0 Å². The minimum atomic E-state index is 0. The van der Waals surface area contributed by atoms with Crippen LogP contribution >= 0.6 is 15.9 Å². The maximum atomic E-state index is 5.29. The lowest BCUT2D eigenvalue weighted by atomic mass is 10.2.